The highest BCUT2D eigenvalue weighted by Gasteiger charge is 2.79. The van der Waals surface area contributed by atoms with E-state index in [0.29, 0.717) is 0 Å². The van der Waals surface area contributed by atoms with Gasteiger partial charge in [-0.05, 0) is 0 Å². The summed E-state index contributed by atoms with van der Waals surface area (Å²) < 4.78 is 15.1. The van der Waals surface area contributed by atoms with Gasteiger partial charge in [0, 0.05) is 0 Å². The van der Waals surface area contributed by atoms with Crippen molar-refractivity contribution < 1.29 is 80.6 Å². The summed E-state index contributed by atoms with van der Waals surface area (Å²) in [6.07, 6.45) is -20.4. The largest absolute Gasteiger partial charge is 0.394 e. The molecule has 0 spiro atoms. The summed E-state index contributed by atoms with van der Waals surface area (Å²) in [7, 11) is 0. The highest BCUT2D eigenvalue weighted by Crippen LogP contribution is 2.51. The fourth-order valence-corrected chi connectivity index (χ4v) is 5.17. The van der Waals surface area contributed by atoms with E-state index in [1.54, 1.807) is 0 Å². The molecule has 16 heteroatoms. The highest BCUT2D eigenvalue weighted by atomic mass is 16.7. The van der Waals surface area contributed by atoms with Crippen LogP contribution in [0.25, 0.3) is 0 Å². The van der Waals surface area contributed by atoms with Crippen molar-refractivity contribution in [3.8, 4) is 0 Å². The molecule has 200 valence electrons. The third-order valence-electron chi connectivity index (χ3n) is 7.32. The Kier molecular flexibility index (Phi) is 7.68. The molecule has 16 nitrogen and oxygen atoms in total. The van der Waals surface area contributed by atoms with Crippen LogP contribution in [0.15, 0.2) is 0 Å². The third kappa shape index (κ3) is 3.39. The van der Waals surface area contributed by atoms with Gasteiger partial charge in [-0.2, -0.15) is 0 Å². The lowest BCUT2D eigenvalue weighted by atomic mass is 9.58. The van der Waals surface area contributed by atoms with Gasteiger partial charge in [-0.25, -0.2) is 0 Å². The fraction of sp³-hybridized carbons (Fsp3) is 1.00. The van der Waals surface area contributed by atoms with E-state index in [-0.39, 0.29) is 0 Å². The number of aliphatic hydroxyl groups is 13. The van der Waals surface area contributed by atoms with Crippen LogP contribution in [0.3, 0.4) is 0 Å². The Bertz CT molecular complexity index is 724. The Balaban J connectivity index is 2.17. The van der Waals surface area contributed by atoms with Crippen LogP contribution >= 0.6 is 0 Å². The van der Waals surface area contributed by atoms with E-state index in [4.69, 9.17) is 14.2 Å². The lowest BCUT2D eigenvalue weighted by Gasteiger charge is -2.64. The van der Waals surface area contributed by atoms with Gasteiger partial charge in [0.05, 0.1) is 33.0 Å². The number of aliphatic hydroxyl groups excluding tert-OH is 9. The van der Waals surface area contributed by atoms with Crippen LogP contribution < -0.4 is 0 Å². The quantitative estimate of drug-likeness (QED) is 0.165. The van der Waals surface area contributed by atoms with Gasteiger partial charge in [0.15, 0.2) is 28.7 Å². The van der Waals surface area contributed by atoms with Crippen LogP contribution in [0, 0.1) is 0 Å². The molecule has 0 radical (unpaired) electrons. The molecule has 0 aliphatic carbocycles. The van der Waals surface area contributed by atoms with Gasteiger partial charge in [-0.15, -0.1) is 0 Å². The zero-order chi connectivity index (χ0) is 25.9. The monoisotopic (exact) mass is 504 g/mol. The van der Waals surface area contributed by atoms with Crippen LogP contribution in [0.1, 0.15) is 0 Å². The normalized spacial score (nSPS) is 56.9. The lowest BCUT2D eigenvalue weighted by Crippen LogP contribution is -2.90. The molecular formula is C18H32O16. The van der Waals surface area contributed by atoms with Gasteiger partial charge in [0.2, 0.25) is 0 Å². The summed E-state index contributed by atoms with van der Waals surface area (Å²) in [5.74, 6) is 0. The predicted molar refractivity (Wildman–Crippen MR) is 101 cm³/mol. The van der Waals surface area contributed by atoms with E-state index in [9.17, 15) is 66.4 Å². The minimum atomic E-state index is -3.58. The molecule has 0 aromatic rings. The van der Waals surface area contributed by atoms with Gasteiger partial charge in [-0.3, -0.25) is 0 Å². The second-order valence-electron chi connectivity index (χ2n) is 8.95. The van der Waals surface area contributed by atoms with E-state index in [1.165, 1.54) is 0 Å². The van der Waals surface area contributed by atoms with Crippen molar-refractivity contribution in [3.63, 3.8) is 0 Å². The average molecular weight is 504 g/mol. The summed E-state index contributed by atoms with van der Waals surface area (Å²) in [5.41, 5.74) is -13.7. The van der Waals surface area contributed by atoms with Gasteiger partial charge in [-0.1, -0.05) is 0 Å². The molecular weight excluding hydrogens is 472 g/mol. The maximum absolute atomic E-state index is 11.5. The zero-order valence-corrected chi connectivity index (χ0v) is 17.8. The SMILES string of the molecule is OC[C@H]1O[C@H](O)[C@@](O)([C@@]2(O)[C@@H](CO)OC[C@@](O)([C@]3(O)[C@H](O)[C@@H](O)CO[C@@H]3CO)[C@H]2O)[C@@H](O)[C@@H]1O. The first-order chi connectivity index (χ1) is 15.7. The average Bonchev–Trinajstić information content (AvgIpc) is 2.82. The Morgan fingerprint density at radius 1 is 0.676 bits per heavy atom. The van der Waals surface area contributed by atoms with Crippen LogP contribution in [-0.4, -0.2) is 177 Å². The van der Waals surface area contributed by atoms with Crippen molar-refractivity contribution in [2.24, 2.45) is 0 Å². The van der Waals surface area contributed by atoms with Crippen LogP contribution in [0.2, 0.25) is 0 Å². The Morgan fingerprint density at radius 3 is 1.76 bits per heavy atom. The molecule has 3 fully saturated rings. The Labute approximate surface area is 192 Å². The summed E-state index contributed by atoms with van der Waals surface area (Å²) in [6, 6.07) is 0. The van der Waals surface area contributed by atoms with Gasteiger partial charge < -0.3 is 80.6 Å². The molecule has 0 aromatic heterocycles. The van der Waals surface area contributed by atoms with E-state index >= 15 is 0 Å². The van der Waals surface area contributed by atoms with Crippen molar-refractivity contribution >= 4 is 0 Å². The van der Waals surface area contributed by atoms with Crippen molar-refractivity contribution in [1.29, 1.82) is 0 Å². The number of ether oxygens (including phenoxy) is 3. The van der Waals surface area contributed by atoms with Gasteiger partial charge in [0.1, 0.15) is 48.8 Å². The van der Waals surface area contributed by atoms with Gasteiger partial charge in [0.25, 0.3) is 0 Å². The number of rotatable bonds is 5. The molecule has 0 amide bonds. The maximum Gasteiger partial charge on any atom is 0.190 e. The minimum Gasteiger partial charge on any atom is -0.394 e. The van der Waals surface area contributed by atoms with E-state index in [1.807, 2.05) is 0 Å². The topological polar surface area (TPSA) is 291 Å². The number of hydrogen-bond donors (Lipinski definition) is 13. The van der Waals surface area contributed by atoms with Crippen molar-refractivity contribution in [2.45, 2.75) is 77.5 Å². The van der Waals surface area contributed by atoms with E-state index < -0.39 is 111 Å². The molecule has 0 unspecified atom stereocenters. The molecule has 34 heavy (non-hydrogen) atoms. The van der Waals surface area contributed by atoms with Crippen molar-refractivity contribution in [1.82, 2.24) is 0 Å². The van der Waals surface area contributed by atoms with Gasteiger partial charge >= 0.3 is 0 Å². The molecule has 0 saturated carbocycles. The smallest absolute Gasteiger partial charge is 0.190 e. The van der Waals surface area contributed by atoms with Crippen LogP contribution in [0.4, 0.5) is 0 Å². The van der Waals surface area contributed by atoms with Crippen molar-refractivity contribution in [3.05, 3.63) is 0 Å². The first-order valence-corrected chi connectivity index (χ1v) is 10.4. The molecule has 3 saturated heterocycles. The molecule has 13 N–H and O–H groups in total. The Morgan fingerprint density at radius 2 is 1.24 bits per heavy atom. The lowest BCUT2D eigenvalue weighted by molar-refractivity contribution is -0.434. The molecule has 0 bridgehead atoms. The second-order valence-corrected chi connectivity index (χ2v) is 8.95. The van der Waals surface area contributed by atoms with Crippen molar-refractivity contribution in [2.75, 3.05) is 33.0 Å². The zero-order valence-electron chi connectivity index (χ0n) is 17.8. The van der Waals surface area contributed by atoms with Crippen LogP contribution in [-0.2, 0) is 14.2 Å². The molecule has 0 aromatic carbocycles. The predicted octanol–water partition coefficient (Wildman–Crippen LogP) is -8.79. The highest BCUT2D eigenvalue weighted by molar-refractivity contribution is 5.27. The second kappa shape index (κ2) is 9.34. The standard InChI is InChI=1S/C18H32O16/c19-1-7-10(23)12(25)18(31,14(27)34-7)17(30)9(3-21)33-5-15(28,13(17)26)16(29)8(2-20)32-4-6(22)11(16)24/h6-14,19-31H,1-5H2/t6-,7+,8+,9+,10+,11+,12-,13+,14-,15-,16+,17+,18+/m0/s1. The molecule has 3 aliphatic heterocycles. The fourth-order valence-electron chi connectivity index (χ4n) is 5.17. The summed E-state index contributed by atoms with van der Waals surface area (Å²) in [6.45, 7) is -5.10. The maximum atomic E-state index is 11.5. The third-order valence-corrected chi connectivity index (χ3v) is 7.32. The first kappa shape index (κ1) is 27.9. The summed E-state index contributed by atoms with van der Waals surface area (Å²) >= 11 is 0. The summed E-state index contributed by atoms with van der Waals surface area (Å²) in [4.78, 5) is 0. The van der Waals surface area contributed by atoms with Crippen LogP contribution in [0.5, 0.6) is 0 Å². The van der Waals surface area contributed by atoms with E-state index in [0.717, 1.165) is 0 Å². The molecule has 13 atom stereocenters. The minimum absolute atomic E-state index is 0.616. The molecule has 3 heterocycles. The molecule has 3 rings (SSSR count). The molecule has 3 aliphatic rings. The Hall–Kier alpha value is -0.640. The number of hydrogen-bond acceptors (Lipinski definition) is 16. The first-order valence-electron chi connectivity index (χ1n) is 10.4. The summed E-state index contributed by atoms with van der Waals surface area (Å²) in [5, 5.41) is 137. The van der Waals surface area contributed by atoms with E-state index in [2.05, 4.69) is 0 Å².